The maximum Gasteiger partial charge on any atom is 0.240 e. The van der Waals surface area contributed by atoms with Crippen LogP contribution in [-0.4, -0.2) is 40.3 Å². The molecule has 1 fully saturated rings. The third kappa shape index (κ3) is 4.51. The lowest BCUT2D eigenvalue weighted by atomic mass is 10.1. The van der Waals surface area contributed by atoms with Crippen LogP contribution in [0, 0.1) is 0 Å². The van der Waals surface area contributed by atoms with Crippen LogP contribution in [0.25, 0.3) is 0 Å². The highest BCUT2D eigenvalue weighted by Crippen LogP contribution is 2.17. The lowest BCUT2D eigenvalue weighted by molar-refractivity contribution is 0.117. The lowest BCUT2D eigenvalue weighted by Gasteiger charge is -2.16. The van der Waals surface area contributed by atoms with Gasteiger partial charge in [-0.25, -0.2) is 13.1 Å². The van der Waals surface area contributed by atoms with Gasteiger partial charge in [-0.05, 0) is 50.6 Å². The van der Waals surface area contributed by atoms with E-state index < -0.39 is 10.0 Å². The Hall–Kier alpha value is -0.950. The quantitative estimate of drug-likeness (QED) is 0.745. The van der Waals surface area contributed by atoms with Crippen LogP contribution in [0.4, 0.5) is 0 Å². The maximum atomic E-state index is 12.3. The molecule has 1 aliphatic rings. The van der Waals surface area contributed by atoms with Crippen LogP contribution < -0.4 is 10.0 Å². The molecule has 0 amide bonds. The molecular formula is C15H24N2O3S. The number of hydrogen-bond donors (Lipinski definition) is 2. The van der Waals surface area contributed by atoms with Gasteiger partial charge in [0.2, 0.25) is 10.0 Å². The van der Waals surface area contributed by atoms with E-state index in [2.05, 4.69) is 17.0 Å². The molecule has 6 heteroatoms. The smallest absolute Gasteiger partial charge is 0.240 e. The summed E-state index contributed by atoms with van der Waals surface area (Å²) in [7, 11) is -3.46. The van der Waals surface area contributed by atoms with Crippen molar-refractivity contribution in [3.63, 3.8) is 0 Å². The van der Waals surface area contributed by atoms with Crippen molar-refractivity contribution in [2.24, 2.45) is 0 Å². The van der Waals surface area contributed by atoms with Gasteiger partial charge in [-0.3, -0.25) is 0 Å². The molecule has 0 aromatic heterocycles. The minimum atomic E-state index is -3.46. The monoisotopic (exact) mass is 312 g/mol. The molecule has 1 aromatic rings. The normalized spacial score (nSPS) is 22.6. The molecule has 0 bridgehead atoms. The molecule has 5 nitrogen and oxygen atoms in total. The first-order valence-corrected chi connectivity index (χ1v) is 8.95. The number of ether oxygens (including phenoxy) is 1. The van der Waals surface area contributed by atoms with Crippen LogP contribution in [0.15, 0.2) is 29.2 Å². The van der Waals surface area contributed by atoms with Gasteiger partial charge in [-0.1, -0.05) is 19.1 Å². The first kappa shape index (κ1) is 16.4. The molecule has 2 unspecified atom stereocenters. The third-order valence-corrected chi connectivity index (χ3v) is 5.26. The van der Waals surface area contributed by atoms with E-state index in [1.54, 1.807) is 12.1 Å². The molecule has 1 saturated heterocycles. The molecular weight excluding hydrogens is 288 g/mol. The minimum absolute atomic E-state index is 0.0702. The number of sulfonamides is 1. The summed E-state index contributed by atoms with van der Waals surface area (Å²) in [6.45, 7) is 6.41. The van der Waals surface area contributed by atoms with E-state index in [0.717, 1.165) is 31.5 Å². The van der Waals surface area contributed by atoms with E-state index in [1.807, 2.05) is 19.1 Å². The SMILES string of the molecule is CCNCCc1ccc(S(=O)(=O)NC2CCOC2C)cc1. The average molecular weight is 312 g/mol. The van der Waals surface area contributed by atoms with Crippen molar-refractivity contribution in [3.8, 4) is 0 Å². The Labute approximate surface area is 127 Å². The fourth-order valence-electron chi connectivity index (χ4n) is 2.40. The summed E-state index contributed by atoms with van der Waals surface area (Å²) in [6, 6.07) is 6.96. The topological polar surface area (TPSA) is 67.4 Å². The van der Waals surface area contributed by atoms with Crippen LogP contribution in [0.2, 0.25) is 0 Å². The maximum absolute atomic E-state index is 12.3. The molecule has 2 atom stereocenters. The Balaban J connectivity index is 1.99. The van der Waals surface area contributed by atoms with Crippen molar-refractivity contribution in [3.05, 3.63) is 29.8 Å². The lowest BCUT2D eigenvalue weighted by Crippen LogP contribution is -2.39. The van der Waals surface area contributed by atoms with E-state index in [9.17, 15) is 8.42 Å². The number of likely N-dealkylation sites (N-methyl/N-ethyl adjacent to an activating group) is 1. The Morgan fingerprint density at radius 2 is 2.00 bits per heavy atom. The zero-order valence-corrected chi connectivity index (χ0v) is 13.4. The molecule has 0 aliphatic carbocycles. The zero-order valence-electron chi connectivity index (χ0n) is 12.6. The third-order valence-electron chi connectivity index (χ3n) is 3.76. The molecule has 1 heterocycles. The van der Waals surface area contributed by atoms with Gasteiger partial charge in [0, 0.05) is 6.61 Å². The van der Waals surface area contributed by atoms with Crippen LogP contribution >= 0.6 is 0 Å². The first-order chi connectivity index (χ1) is 10.0. The number of rotatable bonds is 7. The van der Waals surface area contributed by atoms with Gasteiger partial charge >= 0.3 is 0 Å². The molecule has 2 rings (SSSR count). The summed E-state index contributed by atoms with van der Waals surface area (Å²) in [5.41, 5.74) is 1.13. The largest absolute Gasteiger partial charge is 0.377 e. The second-order valence-corrected chi connectivity index (χ2v) is 7.05. The van der Waals surface area contributed by atoms with Crippen molar-refractivity contribution >= 4 is 10.0 Å². The van der Waals surface area contributed by atoms with Gasteiger partial charge in [0.1, 0.15) is 0 Å². The summed E-state index contributed by atoms with van der Waals surface area (Å²) in [4.78, 5) is 0.314. The van der Waals surface area contributed by atoms with Gasteiger partial charge in [-0.15, -0.1) is 0 Å². The Morgan fingerprint density at radius 1 is 1.29 bits per heavy atom. The predicted molar refractivity (Wildman–Crippen MR) is 82.8 cm³/mol. The Bertz CT molecular complexity index is 543. The number of hydrogen-bond acceptors (Lipinski definition) is 4. The summed E-state index contributed by atoms with van der Waals surface area (Å²) >= 11 is 0. The number of nitrogens with one attached hydrogen (secondary N) is 2. The fraction of sp³-hybridized carbons (Fsp3) is 0.600. The van der Waals surface area contributed by atoms with Crippen LogP contribution in [0.3, 0.4) is 0 Å². The molecule has 0 saturated carbocycles. The number of benzene rings is 1. The van der Waals surface area contributed by atoms with Crippen molar-refractivity contribution in [2.45, 2.75) is 43.7 Å². The zero-order chi connectivity index (χ0) is 15.3. The highest BCUT2D eigenvalue weighted by molar-refractivity contribution is 7.89. The van der Waals surface area contributed by atoms with Gasteiger partial charge in [0.15, 0.2) is 0 Å². The van der Waals surface area contributed by atoms with Crippen LogP contribution in [0.5, 0.6) is 0 Å². The van der Waals surface area contributed by atoms with E-state index >= 15 is 0 Å². The van der Waals surface area contributed by atoms with Crippen molar-refractivity contribution in [1.82, 2.24) is 10.0 Å². The molecule has 1 aromatic carbocycles. The molecule has 1 aliphatic heterocycles. The Kier molecular flexibility index (Phi) is 5.75. The molecule has 0 spiro atoms. The van der Waals surface area contributed by atoms with Crippen molar-refractivity contribution in [1.29, 1.82) is 0 Å². The molecule has 0 radical (unpaired) electrons. The Morgan fingerprint density at radius 3 is 2.57 bits per heavy atom. The average Bonchev–Trinajstić information content (AvgIpc) is 2.84. The standard InChI is InChI=1S/C15H24N2O3S/c1-3-16-10-8-13-4-6-14(7-5-13)21(18,19)17-15-9-11-20-12(15)2/h4-7,12,15-17H,3,8-11H2,1-2H3. The van der Waals surface area contributed by atoms with Crippen molar-refractivity contribution < 1.29 is 13.2 Å². The minimum Gasteiger partial charge on any atom is -0.377 e. The highest BCUT2D eigenvalue weighted by atomic mass is 32.2. The van der Waals surface area contributed by atoms with Crippen LogP contribution in [0.1, 0.15) is 25.8 Å². The molecule has 21 heavy (non-hydrogen) atoms. The molecule has 2 N–H and O–H groups in total. The van der Waals surface area contributed by atoms with E-state index in [0.29, 0.717) is 11.5 Å². The summed E-state index contributed by atoms with van der Waals surface area (Å²) in [5.74, 6) is 0. The highest BCUT2D eigenvalue weighted by Gasteiger charge is 2.29. The first-order valence-electron chi connectivity index (χ1n) is 7.46. The van der Waals surface area contributed by atoms with Gasteiger partial charge < -0.3 is 10.1 Å². The van der Waals surface area contributed by atoms with E-state index in [1.165, 1.54) is 0 Å². The summed E-state index contributed by atoms with van der Waals surface area (Å²) in [6.07, 6.45) is 1.55. The van der Waals surface area contributed by atoms with E-state index in [4.69, 9.17) is 4.74 Å². The second-order valence-electron chi connectivity index (χ2n) is 5.34. The fourth-order valence-corrected chi connectivity index (χ4v) is 3.74. The van der Waals surface area contributed by atoms with Gasteiger partial charge in [0.05, 0.1) is 17.0 Å². The molecule has 118 valence electrons. The summed E-state index contributed by atoms with van der Waals surface area (Å²) < 4.78 is 32.8. The van der Waals surface area contributed by atoms with E-state index in [-0.39, 0.29) is 12.1 Å². The second kappa shape index (κ2) is 7.35. The summed E-state index contributed by atoms with van der Waals surface area (Å²) in [5, 5.41) is 3.25. The van der Waals surface area contributed by atoms with Gasteiger partial charge in [0.25, 0.3) is 0 Å². The van der Waals surface area contributed by atoms with Gasteiger partial charge in [-0.2, -0.15) is 0 Å². The van der Waals surface area contributed by atoms with Crippen LogP contribution in [-0.2, 0) is 21.2 Å². The van der Waals surface area contributed by atoms with Crippen molar-refractivity contribution in [2.75, 3.05) is 19.7 Å². The predicted octanol–water partition coefficient (Wildman–Crippen LogP) is 1.29.